The number of ketones is 1. The molecule has 1 aliphatic heterocycles. The van der Waals surface area contributed by atoms with Gasteiger partial charge in [-0.25, -0.2) is 13.4 Å². The molecule has 0 spiro atoms. The van der Waals surface area contributed by atoms with Gasteiger partial charge in [0.05, 0.1) is 34.4 Å². The van der Waals surface area contributed by atoms with E-state index >= 15 is 0 Å². The van der Waals surface area contributed by atoms with Crippen LogP contribution < -0.4 is 0 Å². The summed E-state index contributed by atoms with van der Waals surface area (Å²) in [4.78, 5) is 21.1. The molecule has 1 unspecified atom stereocenters. The van der Waals surface area contributed by atoms with E-state index in [4.69, 9.17) is 4.98 Å². The minimum absolute atomic E-state index is 0.0150. The molecule has 2 atom stereocenters. The molecule has 1 aliphatic rings. The van der Waals surface area contributed by atoms with Gasteiger partial charge >= 0.3 is 6.18 Å². The SMILES string of the molecule is CCS(=O)(=O)c1ccc(CC(=O)Cc2nc3c(s2)CN(C(C)c2cccc(C(F)(F)F)c2)[C@@H]3C(C)C)cc1. The number of halogens is 3. The van der Waals surface area contributed by atoms with Crippen LogP contribution >= 0.6 is 11.3 Å². The standard InChI is InChI=1S/C28H31F3N2O3S2/c1-5-38(35,36)23-11-9-19(10-12-23)13-22(34)15-25-32-26-24(37-25)16-33(27(26)17(2)3)18(4)20-7-6-8-21(14-20)28(29,30)31/h6-12,14,17-18,27H,5,13,15-16H2,1-4H3/t18?,27-/m1/s1. The van der Waals surface area contributed by atoms with Crippen LogP contribution in [0.15, 0.2) is 53.4 Å². The molecule has 38 heavy (non-hydrogen) atoms. The third kappa shape index (κ3) is 6.02. The number of aromatic nitrogens is 1. The van der Waals surface area contributed by atoms with Crippen LogP contribution in [0.5, 0.6) is 0 Å². The first-order chi connectivity index (χ1) is 17.8. The van der Waals surface area contributed by atoms with Gasteiger partial charge in [0.25, 0.3) is 0 Å². The average molecular weight is 565 g/mol. The highest BCUT2D eigenvalue weighted by molar-refractivity contribution is 7.91. The predicted molar refractivity (Wildman–Crippen MR) is 142 cm³/mol. The van der Waals surface area contributed by atoms with Crippen LogP contribution in [-0.4, -0.2) is 29.8 Å². The maximum atomic E-state index is 13.3. The lowest BCUT2D eigenvalue weighted by molar-refractivity contribution is -0.137. The van der Waals surface area contributed by atoms with Crippen LogP contribution in [-0.2, 0) is 40.2 Å². The van der Waals surface area contributed by atoms with E-state index in [1.54, 1.807) is 25.1 Å². The molecule has 0 N–H and O–H groups in total. The largest absolute Gasteiger partial charge is 0.416 e. The summed E-state index contributed by atoms with van der Waals surface area (Å²) >= 11 is 1.48. The van der Waals surface area contributed by atoms with Crippen molar-refractivity contribution < 1.29 is 26.4 Å². The van der Waals surface area contributed by atoms with E-state index in [0.29, 0.717) is 12.1 Å². The summed E-state index contributed by atoms with van der Waals surface area (Å²) in [6.07, 6.45) is -4.03. The molecule has 0 amide bonds. The third-order valence-electron chi connectivity index (χ3n) is 6.97. The molecule has 1 aromatic heterocycles. The normalized spacial score (nSPS) is 17.1. The van der Waals surface area contributed by atoms with Crippen molar-refractivity contribution >= 4 is 27.0 Å². The first-order valence-corrected chi connectivity index (χ1v) is 15.0. The van der Waals surface area contributed by atoms with E-state index in [9.17, 15) is 26.4 Å². The number of alkyl halides is 3. The number of Topliss-reactive ketones (excluding diaryl/α,β-unsaturated/α-hetero) is 1. The molecule has 0 bridgehead atoms. The highest BCUT2D eigenvalue weighted by atomic mass is 32.2. The monoisotopic (exact) mass is 564 g/mol. The van der Waals surface area contributed by atoms with Crippen molar-refractivity contribution in [2.45, 2.75) is 70.2 Å². The van der Waals surface area contributed by atoms with E-state index in [-0.39, 0.29) is 47.3 Å². The van der Waals surface area contributed by atoms with Gasteiger partial charge in [0.15, 0.2) is 9.84 Å². The van der Waals surface area contributed by atoms with Gasteiger partial charge < -0.3 is 0 Å². The Bertz CT molecular complexity index is 1410. The summed E-state index contributed by atoms with van der Waals surface area (Å²) in [5.74, 6) is 0.180. The average Bonchev–Trinajstić information content (AvgIpc) is 3.40. The van der Waals surface area contributed by atoms with Crippen molar-refractivity contribution in [3.8, 4) is 0 Å². The molecule has 204 valence electrons. The zero-order valence-corrected chi connectivity index (χ0v) is 23.4. The van der Waals surface area contributed by atoms with Gasteiger partial charge in [0.2, 0.25) is 0 Å². The van der Waals surface area contributed by atoms with Gasteiger partial charge in [-0.2, -0.15) is 13.2 Å². The van der Waals surface area contributed by atoms with Crippen molar-refractivity contribution in [1.29, 1.82) is 0 Å². The topological polar surface area (TPSA) is 67.3 Å². The number of carbonyl (C=O) groups is 1. The van der Waals surface area contributed by atoms with Gasteiger partial charge in [-0.05, 0) is 48.2 Å². The zero-order valence-electron chi connectivity index (χ0n) is 21.7. The summed E-state index contributed by atoms with van der Waals surface area (Å²) in [6.45, 7) is 8.21. The van der Waals surface area contributed by atoms with Crippen molar-refractivity contribution in [3.05, 3.63) is 80.8 Å². The smallest absolute Gasteiger partial charge is 0.299 e. The first-order valence-electron chi connectivity index (χ1n) is 12.5. The lowest BCUT2D eigenvalue weighted by Crippen LogP contribution is -2.29. The quantitative estimate of drug-likeness (QED) is 0.294. The highest BCUT2D eigenvalue weighted by Gasteiger charge is 2.39. The van der Waals surface area contributed by atoms with Crippen LogP contribution in [0.3, 0.4) is 0 Å². The maximum Gasteiger partial charge on any atom is 0.416 e. The van der Waals surface area contributed by atoms with E-state index in [1.807, 2.05) is 6.92 Å². The van der Waals surface area contributed by atoms with Crippen LogP contribution in [0.4, 0.5) is 13.2 Å². The Morgan fingerprint density at radius 2 is 1.79 bits per heavy atom. The maximum absolute atomic E-state index is 13.3. The van der Waals surface area contributed by atoms with Gasteiger partial charge in [-0.1, -0.05) is 45.0 Å². The van der Waals surface area contributed by atoms with Crippen molar-refractivity contribution in [3.63, 3.8) is 0 Å². The Hall–Kier alpha value is -2.56. The van der Waals surface area contributed by atoms with Gasteiger partial charge in [-0.3, -0.25) is 9.69 Å². The van der Waals surface area contributed by atoms with Gasteiger partial charge in [0.1, 0.15) is 10.8 Å². The molecule has 3 aromatic rings. The fraction of sp³-hybridized carbons (Fsp3) is 0.429. The number of fused-ring (bicyclic) bond motifs is 1. The first kappa shape index (κ1) is 28.4. The van der Waals surface area contributed by atoms with E-state index in [0.717, 1.165) is 27.2 Å². The Balaban J connectivity index is 1.47. The van der Waals surface area contributed by atoms with Crippen LogP contribution in [0.1, 0.15) is 72.0 Å². The Morgan fingerprint density at radius 1 is 1.11 bits per heavy atom. The molecule has 2 aromatic carbocycles. The van der Waals surface area contributed by atoms with Gasteiger partial charge in [-0.15, -0.1) is 11.3 Å². The second kappa shape index (κ2) is 10.9. The second-order valence-corrected chi connectivity index (χ2v) is 13.5. The number of carbonyl (C=O) groups excluding carboxylic acids is 1. The molecule has 0 saturated carbocycles. The van der Waals surface area contributed by atoms with E-state index < -0.39 is 21.6 Å². The molecule has 0 aliphatic carbocycles. The molecule has 5 nitrogen and oxygen atoms in total. The molecule has 10 heteroatoms. The molecular weight excluding hydrogens is 533 g/mol. The number of benzene rings is 2. The zero-order chi connectivity index (χ0) is 27.8. The highest BCUT2D eigenvalue weighted by Crippen LogP contribution is 2.45. The fourth-order valence-corrected chi connectivity index (χ4v) is 6.97. The Morgan fingerprint density at radius 3 is 2.39 bits per heavy atom. The Kier molecular flexibility index (Phi) is 8.16. The molecule has 0 saturated heterocycles. The molecule has 2 heterocycles. The Labute approximate surface area is 225 Å². The number of sulfone groups is 1. The number of rotatable bonds is 9. The predicted octanol–water partition coefficient (Wildman–Crippen LogP) is 6.58. The minimum Gasteiger partial charge on any atom is -0.299 e. The summed E-state index contributed by atoms with van der Waals surface area (Å²) in [6, 6.07) is 11.6. The molecule has 0 fully saturated rings. The lowest BCUT2D eigenvalue weighted by Gasteiger charge is -2.33. The third-order valence-corrected chi connectivity index (χ3v) is 9.78. The van der Waals surface area contributed by atoms with E-state index in [1.165, 1.54) is 35.6 Å². The van der Waals surface area contributed by atoms with Crippen molar-refractivity contribution in [2.75, 3.05) is 5.75 Å². The number of hydrogen-bond acceptors (Lipinski definition) is 6. The van der Waals surface area contributed by atoms with Crippen LogP contribution in [0.2, 0.25) is 0 Å². The fourth-order valence-electron chi connectivity index (χ4n) is 4.94. The molecular formula is C28H31F3N2O3S2. The number of nitrogens with zero attached hydrogens (tertiary/aromatic N) is 2. The summed E-state index contributed by atoms with van der Waals surface area (Å²) < 4.78 is 63.8. The second-order valence-electron chi connectivity index (χ2n) is 10.0. The van der Waals surface area contributed by atoms with Crippen molar-refractivity contribution in [2.24, 2.45) is 5.92 Å². The summed E-state index contributed by atoms with van der Waals surface area (Å²) in [7, 11) is -3.29. The van der Waals surface area contributed by atoms with Gasteiger partial charge in [0, 0.05) is 23.9 Å². The van der Waals surface area contributed by atoms with Crippen molar-refractivity contribution in [1.82, 2.24) is 9.88 Å². The lowest BCUT2D eigenvalue weighted by atomic mass is 9.97. The number of hydrogen-bond donors (Lipinski definition) is 0. The molecule has 0 radical (unpaired) electrons. The summed E-state index contributed by atoms with van der Waals surface area (Å²) in [5.41, 5.74) is 1.60. The van der Waals surface area contributed by atoms with E-state index in [2.05, 4.69) is 18.7 Å². The minimum atomic E-state index is -4.39. The van der Waals surface area contributed by atoms with Crippen LogP contribution in [0, 0.1) is 5.92 Å². The number of thiazole rings is 1. The molecule has 4 rings (SSSR count). The van der Waals surface area contributed by atoms with Crippen LogP contribution in [0.25, 0.3) is 0 Å². The summed E-state index contributed by atoms with van der Waals surface area (Å²) in [5, 5.41) is 0.724.